The van der Waals surface area contributed by atoms with Crippen molar-refractivity contribution >= 4 is 40.1 Å². The number of carboxylic acid groups (broad SMARTS) is 1. The van der Waals surface area contributed by atoms with Crippen LogP contribution >= 0.6 is 27.7 Å². The van der Waals surface area contributed by atoms with E-state index in [-0.39, 0.29) is 0 Å². The summed E-state index contributed by atoms with van der Waals surface area (Å²) in [6, 6.07) is 2.85. The van der Waals surface area contributed by atoms with Gasteiger partial charge in [-0.2, -0.15) is 11.8 Å². The summed E-state index contributed by atoms with van der Waals surface area (Å²) in [6.07, 6.45) is 0.799. The molecule has 0 saturated heterocycles. The molecule has 0 spiro atoms. The summed E-state index contributed by atoms with van der Waals surface area (Å²) < 4.78 is 5.97. The quantitative estimate of drug-likeness (QED) is 0.564. The first-order valence-corrected chi connectivity index (χ1v) is 6.82. The van der Waals surface area contributed by atoms with Crippen molar-refractivity contribution in [3.63, 3.8) is 0 Å². The molecule has 0 saturated carbocycles. The molecule has 1 heterocycles. The normalized spacial score (nSPS) is 12.1. The first kappa shape index (κ1) is 14.1. The highest BCUT2D eigenvalue weighted by Gasteiger charge is 2.15. The van der Waals surface area contributed by atoms with Crippen molar-refractivity contribution in [2.75, 3.05) is 5.75 Å². The Morgan fingerprint density at radius 1 is 1.65 bits per heavy atom. The molecule has 0 aliphatic rings. The number of rotatable bonds is 8. The number of aliphatic carboxylic acids is 1. The van der Waals surface area contributed by atoms with E-state index in [1.54, 1.807) is 11.8 Å². The van der Waals surface area contributed by atoms with E-state index in [0.29, 0.717) is 29.0 Å². The maximum absolute atomic E-state index is 10.7. The lowest BCUT2D eigenvalue weighted by atomic mass is 10.2. The summed E-state index contributed by atoms with van der Waals surface area (Å²) >= 11 is 4.76. The van der Waals surface area contributed by atoms with Gasteiger partial charge in [0.05, 0.1) is 5.75 Å². The van der Waals surface area contributed by atoms with Crippen LogP contribution in [0.25, 0.3) is 0 Å². The van der Waals surface area contributed by atoms with Crippen LogP contribution in [0.3, 0.4) is 0 Å². The van der Waals surface area contributed by atoms with E-state index in [0.717, 1.165) is 5.76 Å². The van der Waals surface area contributed by atoms with Gasteiger partial charge in [0, 0.05) is 0 Å². The zero-order valence-electron chi connectivity index (χ0n) is 8.89. The van der Waals surface area contributed by atoms with Crippen LogP contribution in [0.4, 0.5) is 0 Å². The van der Waals surface area contributed by atoms with Gasteiger partial charge < -0.3 is 14.8 Å². The maximum atomic E-state index is 10.7. The van der Waals surface area contributed by atoms with Gasteiger partial charge in [-0.25, -0.2) is 4.79 Å². The molecule has 0 aromatic carbocycles. The fourth-order valence-electron chi connectivity index (χ4n) is 1.16. The van der Waals surface area contributed by atoms with Gasteiger partial charge in [-0.1, -0.05) is 0 Å². The van der Waals surface area contributed by atoms with E-state index >= 15 is 0 Å². The van der Waals surface area contributed by atoms with E-state index in [2.05, 4.69) is 21.2 Å². The van der Waals surface area contributed by atoms with Crippen molar-refractivity contribution in [1.29, 1.82) is 0 Å². The maximum Gasteiger partial charge on any atom is 0.326 e. The molecule has 0 bridgehead atoms. The smallest absolute Gasteiger partial charge is 0.326 e. The Balaban J connectivity index is 2.22. The van der Waals surface area contributed by atoms with Crippen LogP contribution in [0, 0.1) is 0 Å². The number of carboxylic acids is 1. The van der Waals surface area contributed by atoms with Crippen LogP contribution in [0.1, 0.15) is 12.2 Å². The van der Waals surface area contributed by atoms with Crippen molar-refractivity contribution in [2.24, 2.45) is 0 Å². The number of hydrogen-bond donors (Lipinski definition) is 2. The van der Waals surface area contributed by atoms with Crippen molar-refractivity contribution < 1.29 is 19.1 Å². The molecule has 1 unspecified atom stereocenters. The van der Waals surface area contributed by atoms with Crippen LogP contribution in [0.15, 0.2) is 21.2 Å². The van der Waals surface area contributed by atoms with Gasteiger partial charge in [-0.15, -0.1) is 0 Å². The van der Waals surface area contributed by atoms with Crippen LogP contribution in [-0.4, -0.2) is 29.3 Å². The van der Waals surface area contributed by atoms with Gasteiger partial charge in [0.2, 0.25) is 6.41 Å². The Kier molecular flexibility index (Phi) is 6.13. The Labute approximate surface area is 111 Å². The van der Waals surface area contributed by atoms with Gasteiger partial charge in [-0.05, 0) is 40.2 Å². The summed E-state index contributed by atoms with van der Waals surface area (Å²) in [7, 11) is 0. The van der Waals surface area contributed by atoms with Gasteiger partial charge in [-0.3, -0.25) is 4.79 Å². The molecule has 1 aromatic rings. The second-order valence-corrected chi connectivity index (χ2v) is 5.11. The molecule has 1 aromatic heterocycles. The topological polar surface area (TPSA) is 79.5 Å². The summed E-state index contributed by atoms with van der Waals surface area (Å²) in [4.78, 5) is 20.9. The van der Waals surface area contributed by atoms with Crippen LogP contribution in [0.5, 0.6) is 0 Å². The third-order valence-corrected chi connectivity index (χ3v) is 3.43. The predicted molar refractivity (Wildman–Crippen MR) is 67.8 cm³/mol. The lowest BCUT2D eigenvalue weighted by Gasteiger charge is -2.09. The van der Waals surface area contributed by atoms with Gasteiger partial charge >= 0.3 is 5.97 Å². The van der Waals surface area contributed by atoms with E-state index in [1.807, 2.05) is 12.1 Å². The van der Waals surface area contributed by atoms with Crippen LogP contribution in [-0.2, 0) is 15.3 Å². The third-order valence-electron chi connectivity index (χ3n) is 1.99. The predicted octanol–water partition coefficient (Wildman–Crippen LogP) is 1.86. The first-order valence-electron chi connectivity index (χ1n) is 4.88. The van der Waals surface area contributed by atoms with Gasteiger partial charge in [0.1, 0.15) is 11.8 Å². The third kappa shape index (κ3) is 5.27. The number of furan rings is 1. The van der Waals surface area contributed by atoms with E-state index in [4.69, 9.17) is 9.52 Å². The largest absolute Gasteiger partial charge is 0.480 e. The summed E-state index contributed by atoms with van der Waals surface area (Å²) in [5, 5.41) is 11.0. The number of halogens is 1. The Bertz CT molecular complexity index is 382. The molecular formula is C10H12BrNO4S. The fourth-order valence-corrected chi connectivity index (χ4v) is 2.41. The van der Waals surface area contributed by atoms with E-state index in [9.17, 15) is 9.59 Å². The second-order valence-electron chi connectivity index (χ2n) is 3.22. The van der Waals surface area contributed by atoms with Crippen molar-refractivity contribution in [3.8, 4) is 0 Å². The molecule has 2 N–H and O–H groups in total. The molecule has 0 fully saturated rings. The summed E-state index contributed by atoms with van der Waals surface area (Å²) in [6.45, 7) is 0. The molecule has 0 aliphatic carbocycles. The minimum atomic E-state index is -1.02. The first-order chi connectivity index (χ1) is 8.13. The number of carbonyl (C=O) groups is 2. The highest BCUT2D eigenvalue weighted by atomic mass is 79.9. The average molecular weight is 322 g/mol. The molecule has 1 amide bonds. The molecule has 1 atom stereocenters. The number of hydrogen-bond acceptors (Lipinski definition) is 4. The van der Waals surface area contributed by atoms with Crippen molar-refractivity contribution in [1.82, 2.24) is 5.32 Å². The molecule has 0 radical (unpaired) electrons. The minimum absolute atomic E-state index is 0.390. The Morgan fingerprint density at radius 3 is 2.94 bits per heavy atom. The lowest BCUT2D eigenvalue weighted by molar-refractivity contribution is -0.140. The van der Waals surface area contributed by atoms with Gasteiger partial charge in [0.15, 0.2) is 4.67 Å². The minimum Gasteiger partial charge on any atom is -0.480 e. The highest BCUT2D eigenvalue weighted by molar-refractivity contribution is 9.10. The zero-order valence-corrected chi connectivity index (χ0v) is 11.3. The standard InChI is InChI=1S/C10H12BrNO4S/c11-9-2-1-7(16-9)5-17-4-3-8(10(14)15)12-6-13/h1-2,6,8H,3-5H2,(H,12,13)(H,14,15). The monoisotopic (exact) mass is 321 g/mol. The van der Waals surface area contributed by atoms with E-state index < -0.39 is 12.0 Å². The molecule has 1 rings (SSSR count). The SMILES string of the molecule is O=CNC(CCSCc1ccc(Br)o1)C(=O)O. The number of thioether (sulfide) groups is 1. The Morgan fingerprint density at radius 2 is 2.41 bits per heavy atom. The van der Waals surface area contributed by atoms with Crippen molar-refractivity contribution in [3.05, 3.63) is 22.6 Å². The number of amides is 1. The molecule has 17 heavy (non-hydrogen) atoms. The van der Waals surface area contributed by atoms with Crippen molar-refractivity contribution in [2.45, 2.75) is 18.2 Å². The molecule has 5 nitrogen and oxygen atoms in total. The van der Waals surface area contributed by atoms with Crippen LogP contribution in [0.2, 0.25) is 0 Å². The lowest BCUT2D eigenvalue weighted by Crippen LogP contribution is -2.36. The fraction of sp³-hybridized carbons (Fsp3) is 0.400. The zero-order chi connectivity index (χ0) is 12.7. The molecule has 7 heteroatoms. The molecule has 94 valence electrons. The number of carbonyl (C=O) groups excluding carboxylic acids is 1. The summed E-state index contributed by atoms with van der Waals surface area (Å²) in [5.74, 6) is 1.13. The average Bonchev–Trinajstić information content (AvgIpc) is 2.68. The molecular weight excluding hydrogens is 310 g/mol. The molecule has 0 aliphatic heterocycles. The summed E-state index contributed by atoms with van der Waals surface area (Å²) in [5.41, 5.74) is 0. The Hall–Kier alpha value is -0.950. The second kappa shape index (κ2) is 7.39. The van der Waals surface area contributed by atoms with Crippen LogP contribution < -0.4 is 5.32 Å². The van der Waals surface area contributed by atoms with Gasteiger partial charge in [0.25, 0.3) is 0 Å². The number of nitrogens with one attached hydrogen (secondary N) is 1. The van der Waals surface area contributed by atoms with E-state index in [1.165, 1.54) is 0 Å². The highest BCUT2D eigenvalue weighted by Crippen LogP contribution is 2.19.